The van der Waals surface area contributed by atoms with Gasteiger partial charge in [-0.15, -0.1) is 0 Å². The average molecular weight is 253 g/mol. The van der Waals surface area contributed by atoms with Gasteiger partial charge in [0.25, 0.3) is 5.69 Å². The highest BCUT2D eigenvalue weighted by atomic mass is 16.7. The summed E-state index contributed by atoms with van der Waals surface area (Å²) < 4.78 is 10.7. The van der Waals surface area contributed by atoms with Crippen molar-refractivity contribution >= 4 is 5.69 Å². The summed E-state index contributed by atoms with van der Waals surface area (Å²) in [5.41, 5.74) is 0.847. The molecule has 0 amide bonds. The van der Waals surface area contributed by atoms with Crippen molar-refractivity contribution in [3.05, 3.63) is 39.9 Å². The van der Waals surface area contributed by atoms with Gasteiger partial charge in [0.2, 0.25) is 0 Å². The van der Waals surface area contributed by atoms with Crippen molar-refractivity contribution in [2.45, 2.75) is 31.3 Å². The van der Waals surface area contributed by atoms with Crippen molar-refractivity contribution in [3.63, 3.8) is 0 Å². The van der Waals surface area contributed by atoms with Crippen LogP contribution >= 0.6 is 0 Å². The number of benzene rings is 1. The summed E-state index contributed by atoms with van der Waals surface area (Å²) in [6.45, 7) is 0. The van der Waals surface area contributed by atoms with Gasteiger partial charge in [-0.1, -0.05) is 0 Å². The molecule has 2 rings (SSSR count). The molecule has 98 valence electrons. The second-order valence-electron chi connectivity index (χ2n) is 4.26. The Labute approximate surface area is 104 Å². The first-order chi connectivity index (χ1) is 8.60. The quantitative estimate of drug-likeness (QED) is 0.655. The van der Waals surface area contributed by atoms with E-state index in [2.05, 4.69) is 0 Å². The number of hydrogen-bond acceptors (Lipinski definition) is 5. The number of aliphatic hydroxyl groups excluding tert-OH is 1. The lowest BCUT2D eigenvalue weighted by molar-refractivity contribution is -0.384. The van der Waals surface area contributed by atoms with Crippen molar-refractivity contribution in [2.75, 3.05) is 7.11 Å². The van der Waals surface area contributed by atoms with Crippen molar-refractivity contribution in [2.24, 2.45) is 0 Å². The molecule has 1 fully saturated rings. The van der Waals surface area contributed by atoms with E-state index in [1.54, 1.807) is 12.1 Å². The highest BCUT2D eigenvalue weighted by molar-refractivity contribution is 5.34. The van der Waals surface area contributed by atoms with Crippen LogP contribution in [-0.4, -0.2) is 29.5 Å². The predicted octanol–water partition coefficient (Wildman–Crippen LogP) is 1.78. The average Bonchev–Trinajstić information content (AvgIpc) is 2.38. The number of nitro groups is 1. The maximum Gasteiger partial charge on any atom is 0.269 e. The Morgan fingerprint density at radius 3 is 2.61 bits per heavy atom. The van der Waals surface area contributed by atoms with Gasteiger partial charge in [-0.25, -0.2) is 0 Å². The molecule has 0 saturated carbocycles. The van der Waals surface area contributed by atoms with E-state index < -0.39 is 17.3 Å². The fourth-order valence-corrected chi connectivity index (χ4v) is 2.04. The normalized spacial score (nSPS) is 28.0. The smallest absolute Gasteiger partial charge is 0.269 e. The van der Waals surface area contributed by atoms with Crippen LogP contribution in [0.1, 0.15) is 24.5 Å². The molecule has 1 aromatic carbocycles. The first kappa shape index (κ1) is 12.9. The molecule has 1 aromatic rings. The van der Waals surface area contributed by atoms with Crippen LogP contribution in [0.4, 0.5) is 5.69 Å². The predicted molar refractivity (Wildman–Crippen MR) is 63.0 cm³/mol. The molecule has 1 aliphatic heterocycles. The van der Waals surface area contributed by atoms with Crippen LogP contribution < -0.4 is 0 Å². The maximum atomic E-state index is 10.6. The molecule has 1 N–H and O–H groups in total. The molecule has 0 aromatic heterocycles. The SMILES string of the molecule is COC1C[C@@H](O)C[C@@H](c2ccc([N+](=O)[O-])cc2)O1. The number of hydrogen-bond donors (Lipinski definition) is 1. The van der Waals surface area contributed by atoms with Gasteiger partial charge < -0.3 is 14.6 Å². The zero-order valence-corrected chi connectivity index (χ0v) is 9.98. The minimum absolute atomic E-state index is 0.0402. The lowest BCUT2D eigenvalue weighted by Crippen LogP contribution is -2.32. The van der Waals surface area contributed by atoms with Crippen LogP contribution in [-0.2, 0) is 9.47 Å². The second-order valence-corrected chi connectivity index (χ2v) is 4.26. The van der Waals surface area contributed by atoms with Crippen molar-refractivity contribution in [1.82, 2.24) is 0 Å². The van der Waals surface area contributed by atoms with E-state index >= 15 is 0 Å². The van der Waals surface area contributed by atoms with E-state index in [0.717, 1.165) is 5.56 Å². The number of nitrogens with zero attached hydrogens (tertiary/aromatic N) is 1. The van der Waals surface area contributed by atoms with Crippen LogP contribution in [0.5, 0.6) is 0 Å². The number of non-ortho nitro benzene ring substituents is 1. The van der Waals surface area contributed by atoms with Gasteiger partial charge in [-0.05, 0) is 17.7 Å². The van der Waals surface area contributed by atoms with E-state index in [0.29, 0.717) is 12.8 Å². The minimum atomic E-state index is -0.483. The van der Waals surface area contributed by atoms with E-state index in [4.69, 9.17) is 9.47 Å². The molecule has 0 radical (unpaired) electrons. The molecule has 3 atom stereocenters. The van der Waals surface area contributed by atoms with E-state index in [-0.39, 0.29) is 11.8 Å². The molecule has 0 spiro atoms. The topological polar surface area (TPSA) is 81.8 Å². The van der Waals surface area contributed by atoms with Crippen LogP contribution in [0.3, 0.4) is 0 Å². The number of nitro benzene ring substituents is 1. The van der Waals surface area contributed by atoms with Crippen LogP contribution in [0.2, 0.25) is 0 Å². The molecule has 1 unspecified atom stereocenters. The summed E-state index contributed by atoms with van der Waals surface area (Å²) in [5, 5.41) is 20.3. The molecule has 18 heavy (non-hydrogen) atoms. The number of rotatable bonds is 3. The van der Waals surface area contributed by atoms with Crippen molar-refractivity contribution in [1.29, 1.82) is 0 Å². The number of ether oxygens (including phenoxy) is 2. The lowest BCUT2D eigenvalue weighted by atomic mass is 9.98. The Morgan fingerprint density at radius 1 is 1.39 bits per heavy atom. The summed E-state index contributed by atoms with van der Waals surface area (Å²) >= 11 is 0. The van der Waals surface area contributed by atoms with E-state index in [1.807, 2.05) is 0 Å². The standard InChI is InChI=1S/C12H15NO5/c1-17-12-7-10(14)6-11(18-12)8-2-4-9(5-3-8)13(15)16/h2-5,10-12,14H,6-7H2,1H3/t10-,11-,12?/m0/s1. The molecular formula is C12H15NO5. The Morgan fingerprint density at radius 2 is 2.06 bits per heavy atom. The van der Waals surface area contributed by atoms with Gasteiger partial charge >= 0.3 is 0 Å². The zero-order valence-electron chi connectivity index (χ0n) is 9.98. The van der Waals surface area contributed by atoms with Gasteiger partial charge in [0.05, 0.1) is 17.1 Å². The summed E-state index contributed by atoms with van der Waals surface area (Å²) in [6.07, 6.45) is -0.296. The third-order valence-electron chi connectivity index (χ3n) is 3.01. The summed E-state index contributed by atoms with van der Waals surface area (Å²) in [4.78, 5) is 10.1. The highest BCUT2D eigenvalue weighted by Gasteiger charge is 2.29. The lowest BCUT2D eigenvalue weighted by Gasteiger charge is -2.32. The fraction of sp³-hybridized carbons (Fsp3) is 0.500. The van der Waals surface area contributed by atoms with Crippen LogP contribution in [0, 0.1) is 10.1 Å². The van der Waals surface area contributed by atoms with Gasteiger partial charge in [0.15, 0.2) is 6.29 Å². The molecule has 1 aliphatic rings. The van der Waals surface area contributed by atoms with E-state index in [1.165, 1.54) is 19.2 Å². The summed E-state index contributed by atoms with van der Waals surface area (Å²) in [6, 6.07) is 6.16. The third kappa shape index (κ3) is 2.84. The molecule has 6 heteroatoms. The Balaban J connectivity index is 2.12. The number of methoxy groups -OCH3 is 1. The molecule has 0 bridgehead atoms. The maximum absolute atomic E-state index is 10.6. The molecule has 0 aliphatic carbocycles. The Hall–Kier alpha value is -1.50. The molecule has 1 heterocycles. The van der Waals surface area contributed by atoms with E-state index in [9.17, 15) is 15.2 Å². The molecule has 1 saturated heterocycles. The molecule has 6 nitrogen and oxygen atoms in total. The molecular weight excluding hydrogens is 238 g/mol. The number of aliphatic hydroxyl groups is 1. The zero-order chi connectivity index (χ0) is 13.1. The largest absolute Gasteiger partial charge is 0.393 e. The van der Waals surface area contributed by atoms with Gasteiger partial charge in [-0.3, -0.25) is 10.1 Å². The summed E-state index contributed by atoms with van der Waals surface area (Å²) in [7, 11) is 1.52. The third-order valence-corrected chi connectivity index (χ3v) is 3.01. The van der Waals surface area contributed by atoms with Crippen LogP contribution in [0.15, 0.2) is 24.3 Å². The fourth-order valence-electron chi connectivity index (χ4n) is 2.04. The minimum Gasteiger partial charge on any atom is -0.393 e. The summed E-state index contributed by atoms with van der Waals surface area (Å²) in [5.74, 6) is 0. The van der Waals surface area contributed by atoms with Gasteiger partial charge in [0.1, 0.15) is 0 Å². The second kappa shape index (κ2) is 5.43. The highest BCUT2D eigenvalue weighted by Crippen LogP contribution is 2.32. The monoisotopic (exact) mass is 253 g/mol. The van der Waals surface area contributed by atoms with Crippen molar-refractivity contribution in [3.8, 4) is 0 Å². The van der Waals surface area contributed by atoms with Gasteiger partial charge in [-0.2, -0.15) is 0 Å². The van der Waals surface area contributed by atoms with Gasteiger partial charge in [0, 0.05) is 32.1 Å². The Kier molecular flexibility index (Phi) is 3.90. The van der Waals surface area contributed by atoms with Crippen LogP contribution in [0.25, 0.3) is 0 Å². The Bertz CT molecular complexity index is 419. The first-order valence-electron chi connectivity index (χ1n) is 5.71. The first-order valence-corrected chi connectivity index (χ1v) is 5.71. The van der Waals surface area contributed by atoms with Crippen molar-refractivity contribution < 1.29 is 19.5 Å².